The third kappa shape index (κ3) is 5.59. The zero-order valence-corrected chi connectivity index (χ0v) is 17.1. The molecule has 0 radical (unpaired) electrons. The number of hydrogen-bond acceptors (Lipinski definition) is 5. The van der Waals surface area contributed by atoms with Gasteiger partial charge in [-0.05, 0) is 58.1 Å². The molecule has 1 aliphatic heterocycles. The van der Waals surface area contributed by atoms with E-state index in [9.17, 15) is 9.59 Å². The second kappa shape index (κ2) is 8.91. The lowest BCUT2D eigenvalue weighted by Crippen LogP contribution is -2.41. The Bertz CT molecular complexity index is 758. The van der Waals surface area contributed by atoms with Crippen molar-refractivity contribution in [2.45, 2.75) is 58.5 Å². The molecular weight excluding hydrogens is 358 g/mol. The molecule has 0 atom stereocenters. The molecule has 152 valence electrons. The normalized spacial score (nSPS) is 15.0. The molecule has 0 saturated carbocycles. The molecular formula is C20H29N5O3. The number of pyridine rings is 1. The summed E-state index contributed by atoms with van der Waals surface area (Å²) < 4.78 is 5.44. The van der Waals surface area contributed by atoms with Crippen LogP contribution < -0.4 is 10.6 Å². The smallest absolute Gasteiger partial charge is 0.410 e. The number of nitrogens with zero attached hydrogens (tertiary/aromatic N) is 4. The number of ether oxygens (including phenoxy) is 1. The van der Waals surface area contributed by atoms with E-state index in [1.54, 1.807) is 11.0 Å². The number of primary amides is 1. The monoisotopic (exact) mass is 387 g/mol. The Labute approximate surface area is 166 Å². The van der Waals surface area contributed by atoms with Crippen molar-refractivity contribution in [2.75, 3.05) is 24.5 Å². The molecule has 0 bridgehead atoms. The van der Waals surface area contributed by atoms with Crippen LogP contribution in [0.25, 0.3) is 0 Å². The van der Waals surface area contributed by atoms with E-state index in [-0.39, 0.29) is 19.1 Å². The van der Waals surface area contributed by atoms with Gasteiger partial charge in [-0.15, -0.1) is 0 Å². The fourth-order valence-electron chi connectivity index (χ4n) is 3.34. The van der Waals surface area contributed by atoms with Gasteiger partial charge in [0.05, 0.1) is 12.5 Å². The average molecular weight is 387 g/mol. The van der Waals surface area contributed by atoms with Crippen molar-refractivity contribution in [1.82, 2.24) is 9.88 Å². The number of aromatic nitrogens is 1. The van der Waals surface area contributed by atoms with E-state index in [4.69, 9.17) is 15.7 Å². The van der Waals surface area contributed by atoms with Crippen molar-refractivity contribution < 1.29 is 14.3 Å². The fraction of sp³-hybridized carbons (Fsp3) is 0.600. The van der Waals surface area contributed by atoms with Crippen molar-refractivity contribution in [1.29, 1.82) is 5.26 Å². The second-order valence-electron chi connectivity index (χ2n) is 7.98. The van der Waals surface area contributed by atoms with Crippen LogP contribution in [0.1, 0.15) is 57.2 Å². The quantitative estimate of drug-likeness (QED) is 0.851. The third-order valence-electron chi connectivity index (χ3n) is 4.69. The summed E-state index contributed by atoms with van der Waals surface area (Å²) in [6.07, 6.45) is 1.57. The van der Waals surface area contributed by atoms with Crippen LogP contribution in [0, 0.1) is 18.3 Å². The van der Waals surface area contributed by atoms with Crippen LogP contribution in [0.15, 0.2) is 12.1 Å². The average Bonchev–Trinajstić information content (AvgIpc) is 2.60. The Balaban J connectivity index is 2.05. The third-order valence-corrected chi connectivity index (χ3v) is 4.69. The number of carbonyl (C=O) groups excluding carboxylic acids is 2. The van der Waals surface area contributed by atoms with Crippen LogP contribution in [0.5, 0.6) is 0 Å². The van der Waals surface area contributed by atoms with E-state index in [0.29, 0.717) is 24.8 Å². The maximum absolute atomic E-state index is 12.2. The van der Waals surface area contributed by atoms with Crippen LogP contribution in [0.3, 0.4) is 0 Å². The molecule has 0 unspecified atom stereocenters. The number of nitrogens with two attached hydrogens (primary N) is 1. The highest BCUT2D eigenvalue weighted by molar-refractivity contribution is 5.89. The zero-order valence-electron chi connectivity index (χ0n) is 17.1. The van der Waals surface area contributed by atoms with Crippen LogP contribution in [0.2, 0.25) is 0 Å². The van der Waals surface area contributed by atoms with Gasteiger partial charge in [-0.1, -0.05) is 6.07 Å². The first kappa shape index (κ1) is 21.5. The lowest BCUT2D eigenvalue weighted by molar-refractivity contribution is 0.0204. The van der Waals surface area contributed by atoms with Gasteiger partial charge in [-0.3, -0.25) is 4.90 Å². The minimum Gasteiger partial charge on any atom is -0.444 e. The summed E-state index contributed by atoms with van der Waals surface area (Å²) in [6, 6.07) is 5.12. The van der Waals surface area contributed by atoms with E-state index in [2.05, 4.69) is 4.98 Å². The van der Waals surface area contributed by atoms with E-state index < -0.39 is 11.6 Å². The second-order valence-corrected chi connectivity index (χ2v) is 7.98. The number of rotatable bonds is 4. The first-order valence-electron chi connectivity index (χ1n) is 9.51. The predicted molar refractivity (Wildman–Crippen MR) is 106 cm³/mol. The summed E-state index contributed by atoms with van der Waals surface area (Å²) in [5, 5.41) is 8.75. The molecule has 0 aromatic carbocycles. The van der Waals surface area contributed by atoms with Gasteiger partial charge in [0.1, 0.15) is 11.4 Å². The van der Waals surface area contributed by atoms with Crippen LogP contribution in [-0.4, -0.2) is 47.2 Å². The highest BCUT2D eigenvalue weighted by Crippen LogP contribution is 2.31. The molecule has 1 aromatic rings. The summed E-state index contributed by atoms with van der Waals surface area (Å²) in [5.41, 5.74) is 6.86. The van der Waals surface area contributed by atoms with Crippen molar-refractivity contribution in [2.24, 2.45) is 5.73 Å². The fourth-order valence-corrected chi connectivity index (χ4v) is 3.34. The molecule has 8 nitrogen and oxygen atoms in total. The molecule has 28 heavy (non-hydrogen) atoms. The Kier molecular flexibility index (Phi) is 6.84. The highest BCUT2D eigenvalue weighted by Gasteiger charge is 2.28. The number of likely N-dealkylation sites (tertiary alicyclic amines) is 1. The topological polar surface area (TPSA) is 113 Å². The van der Waals surface area contributed by atoms with Gasteiger partial charge >= 0.3 is 12.1 Å². The van der Waals surface area contributed by atoms with Crippen LogP contribution >= 0.6 is 0 Å². The number of carbonyl (C=O) groups is 2. The van der Waals surface area contributed by atoms with E-state index in [0.717, 1.165) is 24.1 Å². The van der Waals surface area contributed by atoms with E-state index in [1.165, 1.54) is 4.90 Å². The summed E-state index contributed by atoms with van der Waals surface area (Å²) >= 11 is 0. The molecule has 2 N–H and O–H groups in total. The lowest BCUT2D eigenvalue weighted by Gasteiger charge is -2.34. The molecule has 1 fully saturated rings. The van der Waals surface area contributed by atoms with Crippen molar-refractivity contribution in [3.8, 4) is 6.07 Å². The Morgan fingerprint density at radius 3 is 2.50 bits per heavy atom. The van der Waals surface area contributed by atoms with Gasteiger partial charge in [0.2, 0.25) is 0 Å². The molecule has 8 heteroatoms. The Morgan fingerprint density at radius 1 is 1.36 bits per heavy atom. The number of urea groups is 1. The number of aryl methyl sites for hydroxylation is 1. The van der Waals surface area contributed by atoms with Crippen LogP contribution in [0.4, 0.5) is 15.4 Å². The van der Waals surface area contributed by atoms with Gasteiger partial charge in [-0.2, -0.15) is 5.26 Å². The molecule has 0 aliphatic carbocycles. The number of piperidine rings is 1. The summed E-state index contributed by atoms with van der Waals surface area (Å²) in [4.78, 5) is 31.5. The summed E-state index contributed by atoms with van der Waals surface area (Å²) in [5.74, 6) is 0.747. The van der Waals surface area contributed by atoms with Gasteiger partial charge < -0.3 is 15.4 Å². The first-order valence-corrected chi connectivity index (χ1v) is 9.51. The number of nitriles is 1. The molecule has 0 spiro atoms. The van der Waals surface area contributed by atoms with Gasteiger partial charge in [0, 0.05) is 25.3 Å². The molecule has 1 aliphatic rings. The van der Waals surface area contributed by atoms with Crippen molar-refractivity contribution in [3.05, 3.63) is 23.4 Å². The Hall–Kier alpha value is -2.82. The maximum Gasteiger partial charge on any atom is 0.410 e. The van der Waals surface area contributed by atoms with Crippen LogP contribution in [-0.2, 0) is 4.74 Å². The van der Waals surface area contributed by atoms with Crippen molar-refractivity contribution >= 4 is 17.9 Å². The summed E-state index contributed by atoms with van der Waals surface area (Å²) in [6.45, 7) is 8.97. The number of amides is 3. The highest BCUT2D eigenvalue weighted by atomic mass is 16.6. The largest absolute Gasteiger partial charge is 0.444 e. The lowest BCUT2D eigenvalue weighted by atomic mass is 9.88. The first-order chi connectivity index (χ1) is 13.1. The van der Waals surface area contributed by atoms with Crippen molar-refractivity contribution in [3.63, 3.8) is 0 Å². The van der Waals surface area contributed by atoms with E-state index >= 15 is 0 Å². The molecule has 2 rings (SSSR count). The van der Waals surface area contributed by atoms with E-state index in [1.807, 2.05) is 39.8 Å². The molecule has 1 aromatic heterocycles. The minimum atomic E-state index is -0.624. The standard InChI is InChI=1S/C20H29N5O3/c1-14-16(6-7-17(23-14)25(18(22)26)11-5-10-21)15-8-12-24(13-9-15)19(27)28-20(2,3)4/h6-7,15H,5,8-9,11-13H2,1-4H3,(H2,22,26). The van der Waals surface area contributed by atoms with Gasteiger partial charge in [0.25, 0.3) is 0 Å². The molecule has 2 heterocycles. The van der Waals surface area contributed by atoms with Gasteiger partial charge in [0.15, 0.2) is 0 Å². The summed E-state index contributed by atoms with van der Waals surface area (Å²) in [7, 11) is 0. The van der Waals surface area contributed by atoms with Gasteiger partial charge in [-0.25, -0.2) is 14.6 Å². The minimum absolute atomic E-state index is 0.189. The predicted octanol–water partition coefficient (Wildman–Crippen LogP) is 3.30. The zero-order chi connectivity index (χ0) is 20.9. The SMILES string of the molecule is Cc1nc(N(CCC#N)C(N)=O)ccc1C1CCN(C(=O)OC(C)(C)C)CC1. The Morgan fingerprint density at radius 2 is 2.00 bits per heavy atom. The molecule has 3 amide bonds. The maximum atomic E-state index is 12.2. The number of anilines is 1. The number of hydrogen-bond donors (Lipinski definition) is 1. The molecule has 1 saturated heterocycles.